The van der Waals surface area contributed by atoms with Crippen LogP contribution in [0.25, 0.3) is 0 Å². The minimum Gasteiger partial charge on any atom is -0.384 e. The number of nitrogens with zero attached hydrogens (tertiary/aromatic N) is 1. The van der Waals surface area contributed by atoms with E-state index in [4.69, 9.17) is 16.9 Å². The molecule has 0 aliphatic heterocycles. The van der Waals surface area contributed by atoms with Crippen molar-refractivity contribution >= 4 is 17.3 Å². The van der Waals surface area contributed by atoms with E-state index in [2.05, 4.69) is 25.2 Å². The molecule has 18 heavy (non-hydrogen) atoms. The molecular formula is C15H21ClN2. The lowest BCUT2D eigenvalue weighted by Crippen LogP contribution is -2.14. The van der Waals surface area contributed by atoms with Gasteiger partial charge in [-0.2, -0.15) is 5.26 Å². The SMILES string of the molecule is CCCCC(CC)CNc1cc(C#N)ccc1Cl. The molecule has 1 aromatic rings. The van der Waals surface area contributed by atoms with Crippen molar-refractivity contribution in [3.63, 3.8) is 0 Å². The van der Waals surface area contributed by atoms with Crippen molar-refractivity contribution in [2.45, 2.75) is 39.5 Å². The highest BCUT2D eigenvalue weighted by atomic mass is 35.5. The third-order valence-corrected chi connectivity index (χ3v) is 3.55. The van der Waals surface area contributed by atoms with Crippen LogP contribution in [0.3, 0.4) is 0 Å². The second-order valence-electron chi connectivity index (χ2n) is 4.60. The minimum absolute atomic E-state index is 0.642. The molecule has 0 radical (unpaired) electrons. The van der Waals surface area contributed by atoms with Crippen LogP contribution in [0.1, 0.15) is 45.1 Å². The van der Waals surface area contributed by atoms with E-state index < -0.39 is 0 Å². The van der Waals surface area contributed by atoms with E-state index in [0.717, 1.165) is 12.2 Å². The van der Waals surface area contributed by atoms with Gasteiger partial charge >= 0.3 is 0 Å². The fourth-order valence-corrected chi connectivity index (χ4v) is 2.11. The third kappa shape index (κ3) is 4.58. The maximum absolute atomic E-state index is 8.87. The summed E-state index contributed by atoms with van der Waals surface area (Å²) < 4.78 is 0. The van der Waals surface area contributed by atoms with Gasteiger partial charge in [-0.25, -0.2) is 0 Å². The summed E-state index contributed by atoms with van der Waals surface area (Å²) >= 11 is 6.11. The second kappa shape index (κ2) is 8.00. The lowest BCUT2D eigenvalue weighted by Gasteiger charge is -2.17. The molecule has 0 heterocycles. The van der Waals surface area contributed by atoms with Gasteiger partial charge in [0.1, 0.15) is 0 Å². The van der Waals surface area contributed by atoms with Crippen LogP contribution in [0.15, 0.2) is 18.2 Å². The first-order chi connectivity index (χ1) is 8.71. The Balaban J connectivity index is 2.59. The van der Waals surface area contributed by atoms with E-state index in [0.29, 0.717) is 16.5 Å². The Hall–Kier alpha value is -1.20. The van der Waals surface area contributed by atoms with Crippen molar-refractivity contribution in [2.24, 2.45) is 5.92 Å². The summed E-state index contributed by atoms with van der Waals surface area (Å²) in [6.45, 7) is 5.35. The third-order valence-electron chi connectivity index (χ3n) is 3.22. The molecule has 0 bridgehead atoms. The van der Waals surface area contributed by atoms with Gasteiger partial charge in [0, 0.05) is 6.54 Å². The van der Waals surface area contributed by atoms with E-state index in [1.54, 1.807) is 12.1 Å². The topological polar surface area (TPSA) is 35.8 Å². The van der Waals surface area contributed by atoms with Crippen LogP contribution < -0.4 is 5.32 Å². The number of hydrogen-bond donors (Lipinski definition) is 1. The van der Waals surface area contributed by atoms with Crippen LogP contribution in [-0.4, -0.2) is 6.54 Å². The average Bonchev–Trinajstić information content (AvgIpc) is 2.40. The molecule has 1 N–H and O–H groups in total. The van der Waals surface area contributed by atoms with Crippen LogP contribution in [0.4, 0.5) is 5.69 Å². The number of nitrogens with one attached hydrogen (secondary N) is 1. The number of halogens is 1. The smallest absolute Gasteiger partial charge is 0.0992 e. The summed E-state index contributed by atoms with van der Waals surface area (Å²) in [6, 6.07) is 7.46. The van der Waals surface area contributed by atoms with Gasteiger partial charge in [0.15, 0.2) is 0 Å². The monoisotopic (exact) mass is 264 g/mol. The molecule has 3 heteroatoms. The fourth-order valence-electron chi connectivity index (χ4n) is 1.93. The summed E-state index contributed by atoms with van der Waals surface area (Å²) in [6.07, 6.45) is 4.92. The Morgan fingerprint density at radius 2 is 2.17 bits per heavy atom. The van der Waals surface area contributed by atoms with Crippen molar-refractivity contribution in [3.05, 3.63) is 28.8 Å². The van der Waals surface area contributed by atoms with Gasteiger partial charge in [0.25, 0.3) is 0 Å². The average molecular weight is 265 g/mol. The molecule has 1 atom stereocenters. The van der Waals surface area contributed by atoms with Crippen molar-refractivity contribution in [1.82, 2.24) is 0 Å². The van der Waals surface area contributed by atoms with Crippen LogP contribution in [0.5, 0.6) is 0 Å². The number of anilines is 1. The molecule has 0 aromatic heterocycles. The van der Waals surface area contributed by atoms with Gasteiger partial charge < -0.3 is 5.32 Å². The van der Waals surface area contributed by atoms with Crippen molar-refractivity contribution < 1.29 is 0 Å². The largest absolute Gasteiger partial charge is 0.384 e. The zero-order chi connectivity index (χ0) is 13.4. The highest BCUT2D eigenvalue weighted by molar-refractivity contribution is 6.33. The summed E-state index contributed by atoms with van der Waals surface area (Å²) in [5.74, 6) is 0.673. The van der Waals surface area contributed by atoms with Gasteiger partial charge in [-0.15, -0.1) is 0 Å². The first kappa shape index (κ1) is 14.9. The maximum Gasteiger partial charge on any atom is 0.0992 e. The Morgan fingerprint density at radius 3 is 2.78 bits per heavy atom. The van der Waals surface area contributed by atoms with Gasteiger partial charge in [-0.3, -0.25) is 0 Å². The standard InChI is InChI=1S/C15H21ClN2/c1-3-5-6-12(4-2)11-18-15-9-13(10-17)7-8-14(15)16/h7-9,12,18H,3-6,11H2,1-2H3. The van der Waals surface area contributed by atoms with Gasteiger partial charge in [-0.1, -0.05) is 44.7 Å². The van der Waals surface area contributed by atoms with Crippen molar-refractivity contribution in [1.29, 1.82) is 5.26 Å². The molecule has 0 fully saturated rings. The number of benzene rings is 1. The van der Waals surface area contributed by atoms with E-state index in [1.165, 1.54) is 25.7 Å². The molecule has 1 unspecified atom stereocenters. The Labute approximate surface area is 115 Å². The van der Waals surface area contributed by atoms with E-state index >= 15 is 0 Å². The highest BCUT2D eigenvalue weighted by Crippen LogP contribution is 2.24. The Kier molecular flexibility index (Phi) is 6.60. The zero-order valence-electron chi connectivity index (χ0n) is 11.2. The molecule has 0 aliphatic carbocycles. The van der Waals surface area contributed by atoms with Crippen LogP contribution in [0.2, 0.25) is 5.02 Å². The van der Waals surface area contributed by atoms with Crippen LogP contribution in [-0.2, 0) is 0 Å². The normalized spacial score (nSPS) is 11.9. The van der Waals surface area contributed by atoms with E-state index in [-0.39, 0.29) is 0 Å². The Bertz CT molecular complexity index is 409. The fraction of sp³-hybridized carbons (Fsp3) is 0.533. The number of unbranched alkanes of at least 4 members (excludes halogenated alkanes) is 1. The number of nitriles is 1. The zero-order valence-corrected chi connectivity index (χ0v) is 11.9. The van der Waals surface area contributed by atoms with E-state index in [1.807, 2.05) is 6.07 Å². The molecule has 98 valence electrons. The first-order valence-corrected chi connectivity index (χ1v) is 7.02. The molecule has 0 aliphatic rings. The number of rotatable bonds is 7. The molecule has 1 aromatic carbocycles. The predicted octanol–water partition coefficient (Wildman–Crippen LogP) is 4.84. The maximum atomic E-state index is 8.87. The minimum atomic E-state index is 0.642. The molecule has 0 saturated carbocycles. The molecular weight excluding hydrogens is 244 g/mol. The lowest BCUT2D eigenvalue weighted by atomic mass is 9.99. The highest BCUT2D eigenvalue weighted by Gasteiger charge is 2.07. The Morgan fingerprint density at radius 1 is 1.39 bits per heavy atom. The summed E-state index contributed by atoms with van der Waals surface area (Å²) in [5, 5.41) is 12.9. The quantitative estimate of drug-likeness (QED) is 0.765. The summed E-state index contributed by atoms with van der Waals surface area (Å²) in [7, 11) is 0. The van der Waals surface area contributed by atoms with Crippen molar-refractivity contribution in [3.8, 4) is 6.07 Å². The van der Waals surface area contributed by atoms with Gasteiger partial charge in [0.2, 0.25) is 0 Å². The van der Waals surface area contributed by atoms with E-state index in [9.17, 15) is 0 Å². The molecule has 0 saturated heterocycles. The second-order valence-corrected chi connectivity index (χ2v) is 5.01. The van der Waals surface area contributed by atoms with Crippen molar-refractivity contribution in [2.75, 3.05) is 11.9 Å². The molecule has 1 rings (SSSR count). The lowest BCUT2D eigenvalue weighted by molar-refractivity contribution is 0.473. The van der Waals surface area contributed by atoms with Gasteiger partial charge in [0.05, 0.1) is 22.3 Å². The van der Waals surface area contributed by atoms with Crippen LogP contribution in [0, 0.1) is 17.2 Å². The summed E-state index contributed by atoms with van der Waals surface area (Å²) in [5.41, 5.74) is 1.51. The predicted molar refractivity (Wildman–Crippen MR) is 78.0 cm³/mol. The molecule has 0 amide bonds. The van der Waals surface area contributed by atoms with Crippen LogP contribution >= 0.6 is 11.6 Å². The number of hydrogen-bond acceptors (Lipinski definition) is 2. The molecule has 2 nitrogen and oxygen atoms in total. The first-order valence-electron chi connectivity index (χ1n) is 6.64. The van der Waals surface area contributed by atoms with Gasteiger partial charge in [-0.05, 0) is 30.5 Å². The summed E-state index contributed by atoms with van der Waals surface area (Å²) in [4.78, 5) is 0. The molecule has 0 spiro atoms.